The van der Waals surface area contributed by atoms with Crippen molar-refractivity contribution in [3.8, 4) is 0 Å². The molecule has 6 nitrogen and oxygen atoms in total. The molecule has 0 saturated carbocycles. The molecule has 2 aromatic heterocycles. The second-order valence-electron chi connectivity index (χ2n) is 7.90. The monoisotopic (exact) mass is 406 g/mol. The Balaban J connectivity index is 1.57. The number of nitrogens with zero attached hydrogens (tertiary/aromatic N) is 3. The number of carbonyl (C=O) groups is 1. The van der Waals surface area contributed by atoms with Crippen LogP contribution in [0.2, 0.25) is 5.15 Å². The number of halogens is 1. The first-order valence-corrected chi connectivity index (χ1v) is 10.5. The average molecular weight is 407 g/mol. The van der Waals surface area contributed by atoms with E-state index in [4.69, 9.17) is 16.3 Å². The van der Waals surface area contributed by atoms with Gasteiger partial charge < -0.3 is 15.0 Å². The van der Waals surface area contributed by atoms with Gasteiger partial charge >= 0.3 is 0 Å². The Labute approximate surface area is 172 Å². The molecule has 1 aliphatic heterocycles. The van der Waals surface area contributed by atoms with Gasteiger partial charge in [-0.05, 0) is 56.3 Å². The van der Waals surface area contributed by atoms with E-state index in [1.807, 2.05) is 18.3 Å². The molecule has 1 aliphatic rings. The number of hydrogen-bond donors (Lipinski definition) is 1. The lowest BCUT2D eigenvalue weighted by Gasteiger charge is -2.31. The third kappa shape index (κ3) is 4.85. The molecule has 1 fully saturated rings. The lowest BCUT2D eigenvalue weighted by atomic mass is 9.96. The normalized spacial score (nSPS) is 16.2. The molecule has 3 heterocycles. The van der Waals surface area contributed by atoms with Crippen LogP contribution in [0.1, 0.15) is 55.1 Å². The zero-order chi connectivity index (χ0) is 20.1. The summed E-state index contributed by atoms with van der Waals surface area (Å²) in [6.07, 6.45) is 5.16. The molecule has 28 heavy (non-hydrogen) atoms. The number of ether oxygens (including phenoxy) is 1. The molecule has 0 aliphatic carbocycles. The van der Waals surface area contributed by atoms with Gasteiger partial charge in [0.1, 0.15) is 5.15 Å². The van der Waals surface area contributed by atoms with Crippen molar-refractivity contribution in [1.29, 1.82) is 0 Å². The van der Waals surface area contributed by atoms with Crippen molar-refractivity contribution in [2.24, 2.45) is 5.92 Å². The van der Waals surface area contributed by atoms with E-state index in [2.05, 4.69) is 29.0 Å². The molecule has 154 valence electrons. The number of carbonyl (C=O) groups excluding carboxylic acids is 1. The first-order valence-electron chi connectivity index (χ1n) is 10.2. The van der Waals surface area contributed by atoms with Gasteiger partial charge in [0.2, 0.25) is 0 Å². The van der Waals surface area contributed by atoms with Crippen LogP contribution in [-0.4, -0.2) is 60.1 Å². The number of aromatic nitrogens is 2. The van der Waals surface area contributed by atoms with Crippen LogP contribution in [0.3, 0.4) is 0 Å². The maximum absolute atomic E-state index is 12.8. The lowest BCUT2D eigenvalue weighted by Crippen LogP contribution is -2.39. The van der Waals surface area contributed by atoms with Crippen LogP contribution in [0, 0.1) is 5.92 Å². The van der Waals surface area contributed by atoms with Crippen LogP contribution >= 0.6 is 11.6 Å². The molecule has 0 unspecified atom stereocenters. The number of imidazole rings is 1. The van der Waals surface area contributed by atoms with Gasteiger partial charge in [-0.2, -0.15) is 0 Å². The van der Waals surface area contributed by atoms with Crippen molar-refractivity contribution in [3.05, 3.63) is 34.7 Å². The average Bonchev–Trinajstić information content (AvgIpc) is 3.04. The molecule has 1 N–H and O–H groups in total. The summed E-state index contributed by atoms with van der Waals surface area (Å²) in [7, 11) is 1.75. The first kappa shape index (κ1) is 21.1. The maximum atomic E-state index is 12.8. The maximum Gasteiger partial charge on any atom is 0.255 e. The highest BCUT2D eigenvalue weighted by molar-refractivity contribution is 6.30. The van der Waals surface area contributed by atoms with Crippen LogP contribution in [0.25, 0.3) is 5.65 Å². The summed E-state index contributed by atoms with van der Waals surface area (Å²) in [5, 5.41) is 3.70. The van der Waals surface area contributed by atoms with Crippen molar-refractivity contribution in [1.82, 2.24) is 19.6 Å². The predicted molar refractivity (Wildman–Crippen MR) is 112 cm³/mol. The summed E-state index contributed by atoms with van der Waals surface area (Å²) in [4.78, 5) is 19.9. The topological polar surface area (TPSA) is 58.9 Å². The van der Waals surface area contributed by atoms with Crippen molar-refractivity contribution in [2.45, 2.75) is 39.0 Å². The molecular weight excluding hydrogens is 376 g/mol. The Morgan fingerprint density at radius 1 is 1.39 bits per heavy atom. The van der Waals surface area contributed by atoms with Crippen molar-refractivity contribution in [2.75, 3.05) is 39.9 Å². The summed E-state index contributed by atoms with van der Waals surface area (Å²) in [5.41, 5.74) is 2.03. The number of amides is 1. The van der Waals surface area contributed by atoms with Gasteiger partial charge in [0.15, 0.2) is 5.65 Å². The molecule has 0 aromatic carbocycles. The predicted octanol–water partition coefficient (Wildman–Crippen LogP) is 3.59. The van der Waals surface area contributed by atoms with Gasteiger partial charge in [-0.3, -0.25) is 9.20 Å². The zero-order valence-corrected chi connectivity index (χ0v) is 17.8. The molecule has 0 radical (unpaired) electrons. The van der Waals surface area contributed by atoms with E-state index in [1.54, 1.807) is 11.5 Å². The summed E-state index contributed by atoms with van der Waals surface area (Å²) in [5.74, 6) is 0.652. The molecule has 1 saturated heterocycles. The van der Waals surface area contributed by atoms with Crippen molar-refractivity contribution < 1.29 is 9.53 Å². The van der Waals surface area contributed by atoms with Crippen molar-refractivity contribution >= 4 is 23.2 Å². The van der Waals surface area contributed by atoms with Gasteiger partial charge in [0, 0.05) is 33.0 Å². The highest BCUT2D eigenvalue weighted by Crippen LogP contribution is 2.26. The highest BCUT2D eigenvalue weighted by Gasteiger charge is 2.22. The van der Waals surface area contributed by atoms with Gasteiger partial charge in [-0.25, -0.2) is 4.98 Å². The van der Waals surface area contributed by atoms with Crippen LogP contribution in [0.5, 0.6) is 0 Å². The molecular formula is C21H31ClN4O2. The number of nitrogens with one attached hydrogen (secondary N) is 1. The third-order valence-electron chi connectivity index (χ3n) is 5.49. The lowest BCUT2D eigenvalue weighted by molar-refractivity contribution is 0.0934. The Morgan fingerprint density at radius 3 is 2.82 bits per heavy atom. The van der Waals surface area contributed by atoms with E-state index in [0.717, 1.165) is 51.2 Å². The quantitative estimate of drug-likeness (QED) is 0.680. The van der Waals surface area contributed by atoms with Crippen LogP contribution in [-0.2, 0) is 4.74 Å². The second kappa shape index (κ2) is 9.72. The summed E-state index contributed by atoms with van der Waals surface area (Å²) in [6.45, 7) is 8.90. The highest BCUT2D eigenvalue weighted by atomic mass is 35.5. The summed E-state index contributed by atoms with van der Waals surface area (Å²) in [6, 6.07) is 3.66. The fraction of sp³-hybridized carbons (Fsp3) is 0.619. The standard InChI is InChI=1S/C21H31ClN4O2/c1-15(2)18-19(22)26-10-4-6-17(20(26)24-18)21(27)23-14-16-7-11-25(12-8-16)9-5-13-28-3/h4,6,10,15-16H,5,7-9,11-14H2,1-3H3,(H,23,27). The van der Waals surface area contributed by atoms with E-state index in [0.29, 0.717) is 28.8 Å². The van der Waals surface area contributed by atoms with E-state index in [9.17, 15) is 4.79 Å². The minimum atomic E-state index is -0.0786. The zero-order valence-electron chi connectivity index (χ0n) is 17.1. The number of rotatable bonds is 8. The first-order chi connectivity index (χ1) is 13.5. The molecule has 0 spiro atoms. The van der Waals surface area contributed by atoms with E-state index < -0.39 is 0 Å². The van der Waals surface area contributed by atoms with Crippen LogP contribution in [0.15, 0.2) is 18.3 Å². The second-order valence-corrected chi connectivity index (χ2v) is 8.26. The summed E-state index contributed by atoms with van der Waals surface area (Å²) >= 11 is 6.44. The number of pyridine rings is 1. The molecule has 2 aromatic rings. The Hall–Kier alpha value is -1.63. The third-order valence-corrected chi connectivity index (χ3v) is 5.86. The fourth-order valence-electron chi connectivity index (χ4n) is 3.78. The number of likely N-dealkylation sites (tertiary alicyclic amines) is 1. The molecule has 1 amide bonds. The Morgan fingerprint density at radius 2 is 2.14 bits per heavy atom. The largest absolute Gasteiger partial charge is 0.385 e. The number of hydrogen-bond acceptors (Lipinski definition) is 4. The van der Waals surface area contributed by atoms with E-state index in [1.165, 1.54) is 0 Å². The Kier molecular flexibility index (Phi) is 7.32. The van der Waals surface area contributed by atoms with Gasteiger partial charge in [-0.15, -0.1) is 0 Å². The number of fused-ring (bicyclic) bond motifs is 1. The SMILES string of the molecule is COCCCN1CCC(CNC(=O)c2cccn3c(Cl)c(C(C)C)nc23)CC1. The molecule has 3 rings (SSSR count). The van der Waals surface area contributed by atoms with Crippen molar-refractivity contribution in [3.63, 3.8) is 0 Å². The molecule has 0 bridgehead atoms. The summed E-state index contributed by atoms with van der Waals surface area (Å²) < 4.78 is 6.92. The Bertz CT molecular complexity index is 797. The number of methoxy groups -OCH3 is 1. The minimum absolute atomic E-state index is 0.0786. The number of piperidine rings is 1. The fourth-order valence-corrected chi connectivity index (χ4v) is 4.18. The van der Waals surface area contributed by atoms with E-state index >= 15 is 0 Å². The van der Waals surface area contributed by atoms with Crippen LogP contribution < -0.4 is 5.32 Å². The van der Waals surface area contributed by atoms with Gasteiger partial charge in [0.25, 0.3) is 5.91 Å². The minimum Gasteiger partial charge on any atom is -0.385 e. The smallest absolute Gasteiger partial charge is 0.255 e. The van der Waals surface area contributed by atoms with Gasteiger partial charge in [-0.1, -0.05) is 25.4 Å². The van der Waals surface area contributed by atoms with E-state index in [-0.39, 0.29) is 11.8 Å². The van der Waals surface area contributed by atoms with Gasteiger partial charge in [0.05, 0.1) is 11.3 Å². The molecule has 0 atom stereocenters. The van der Waals surface area contributed by atoms with Crippen LogP contribution in [0.4, 0.5) is 0 Å². The molecule has 7 heteroatoms.